The lowest BCUT2D eigenvalue weighted by atomic mass is 10.00. The molecular weight excluding hydrogens is 436 g/mol. The lowest BCUT2D eigenvalue weighted by molar-refractivity contribution is -0.139. The van der Waals surface area contributed by atoms with Gasteiger partial charge in [-0.2, -0.15) is 5.01 Å². The number of aryl methyl sites for hydroxylation is 1. The van der Waals surface area contributed by atoms with Crippen molar-refractivity contribution in [1.29, 1.82) is 0 Å². The van der Waals surface area contributed by atoms with Crippen molar-refractivity contribution in [2.45, 2.75) is 39.1 Å². The molecule has 7 nitrogen and oxygen atoms in total. The van der Waals surface area contributed by atoms with Crippen LogP contribution in [0.5, 0.6) is 0 Å². The molecule has 3 amide bonds. The SMILES string of the molecule is CC(=O)NC1=NN(C(C)=O)[C@@]2(S1)C(=O)N(Cc1ccccc1Cl)c1c2ccc(C)c1C. The molecule has 2 aromatic carbocycles. The molecule has 2 aliphatic heterocycles. The summed E-state index contributed by atoms with van der Waals surface area (Å²) in [5.41, 5.74) is 4.15. The summed E-state index contributed by atoms with van der Waals surface area (Å²) in [6, 6.07) is 11.1. The molecule has 9 heteroatoms. The maximum absolute atomic E-state index is 14.0. The molecule has 31 heavy (non-hydrogen) atoms. The topological polar surface area (TPSA) is 82.1 Å². The van der Waals surface area contributed by atoms with Gasteiger partial charge in [-0.05, 0) is 48.4 Å². The minimum absolute atomic E-state index is 0.208. The fourth-order valence-corrected chi connectivity index (χ4v) is 5.45. The van der Waals surface area contributed by atoms with Crippen LogP contribution < -0.4 is 10.2 Å². The third-order valence-corrected chi connectivity index (χ3v) is 7.08. The number of benzene rings is 2. The predicted molar refractivity (Wildman–Crippen MR) is 122 cm³/mol. The summed E-state index contributed by atoms with van der Waals surface area (Å²) >= 11 is 7.45. The number of thioether (sulfide) groups is 1. The van der Waals surface area contributed by atoms with Crippen LogP contribution in [0.15, 0.2) is 41.5 Å². The van der Waals surface area contributed by atoms with E-state index in [1.807, 2.05) is 44.2 Å². The van der Waals surface area contributed by atoms with Gasteiger partial charge in [0.2, 0.25) is 16.7 Å². The number of amides is 3. The molecule has 0 saturated heterocycles. The van der Waals surface area contributed by atoms with Crippen LogP contribution >= 0.6 is 23.4 Å². The number of fused-ring (bicyclic) bond motifs is 2. The zero-order valence-electron chi connectivity index (χ0n) is 17.5. The van der Waals surface area contributed by atoms with Crippen LogP contribution in [0.2, 0.25) is 5.02 Å². The van der Waals surface area contributed by atoms with E-state index in [-0.39, 0.29) is 23.5 Å². The number of nitrogens with zero attached hydrogens (tertiary/aromatic N) is 3. The van der Waals surface area contributed by atoms with Gasteiger partial charge in [-0.15, -0.1) is 5.10 Å². The maximum Gasteiger partial charge on any atom is 0.271 e. The highest BCUT2D eigenvalue weighted by Crippen LogP contribution is 2.56. The first-order valence-corrected chi connectivity index (χ1v) is 10.9. The molecule has 160 valence electrons. The van der Waals surface area contributed by atoms with E-state index in [0.29, 0.717) is 10.6 Å². The molecule has 1 spiro atoms. The first-order chi connectivity index (χ1) is 14.7. The monoisotopic (exact) mass is 456 g/mol. The molecule has 1 N–H and O–H groups in total. The number of carbonyl (C=O) groups is 3. The van der Waals surface area contributed by atoms with Crippen molar-refractivity contribution in [1.82, 2.24) is 10.3 Å². The van der Waals surface area contributed by atoms with Crippen LogP contribution in [0.4, 0.5) is 5.69 Å². The lowest BCUT2D eigenvalue weighted by Gasteiger charge is -2.29. The number of nitrogens with one attached hydrogen (secondary N) is 1. The first-order valence-electron chi connectivity index (χ1n) is 9.69. The summed E-state index contributed by atoms with van der Waals surface area (Å²) < 4.78 is 0. The van der Waals surface area contributed by atoms with Gasteiger partial charge in [0, 0.05) is 24.4 Å². The Bertz CT molecular complexity index is 1170. The number of anilines is 1. The zero-order chi connectivity index (χ0) is 22.5. The number of halogens is 1. The first kappa shape index (κ1) is 21.4. The van der Waals surface area contributed by atoms with E-state index < -0.39 is 10.8 Å². The summed E-state index contributed by atoms with van der Waals surface area (Å²) in [6.45, 7) is 6.89. The Morgan fingerprint density at radius 3 is 2.52 bits per heavy atom. The molecule has 2 heterocycles. The summed E-state index contributed by atoms with van der Waals surface area (Å²) in [4.78, 5) is 38.4. The molecule has 0 bridgehead atoms. The van der Waals surface area contributed by atoms with Crippen molar-refractivity contribution >= 4 is 51.9 Å². The largest absolute Gasteiger partial charge is 0.304 e. The second-order valence-corrected chi connectivity index (χ2v) is 9.14. The van der Waals surface area contributed by atoms with Gasteiger partial charge >= 0.3 is 0 Å². The Morgan fingerprint density at radius 1 is 1.16 bits per heavy atom. The standard InChI is InChI=1S/C22H21ClN4O3S/c1-12-9-10-17-19(13(12)2)26(11-16-7-5-6-8-18(16)23)20(30)22(17)27(15(4)29)25-21(31-22)24-14(3)28/h5-10H,11H2,1-4H3,(H,24,25,28)/t22-/m0/s1. The molecule has 2 aliphatic rings. The minimum Gasteiger partial charge on any atom is -0.304 e. The maximum atomic E-state index is 14.0. The van der Waals surface area contributed by atoms with Gasteiger partial charge in [0.25, 0.3) is 5.91 Å². The van der Waals surface area contributed by atoms with Gasteiger partial charge in [-0.25, -0.2) is 0 Å². The summed E-state index contributed by atoms with van der Waals surface area (Å²) in [7, 11) is 0. The van der Waals surface area contributed by atoms with Crippen LogP contribution in [0.3, 0.4) is 0 Å². The zero-order valence-corrected chi connectivity index (χ0v) is 19.1. The van der Waals surface area contributed by atoms with Crippen molar-refractivity contribution in [3.05, 3.63) is 63.7 Å². The van der Waals surface area contributed by atoms with E-state index >= 15 is 0 Å². The Balaban J connectivity index is 1.89. The highest BCUT2D eigenvalue weighted by atomic mass is 35.5. The van der Waals surface area contributed by atoms with Gasteiger partial charge in [-0.1, -0.05) is 41.9 Å². The van der Waals surface area contributed by atoms with Gasteiger partial charge in [-0.3, -0.25) is 14.4 Å². The van der Waals surface area contributed by atoms with E-state index in [1.54, 1.807) is 11.0 Å². The average Bonchev–Trinajstić information content (AvgIpc) is 3.18. The van der Waals surface area contributed by atoms with Crippen LogP contribution in [-0.2, 0) is 25.8 Å². The fourth-order valence-electron chi connectivity index (χ4n) is 3.93. The second kappa shape index (κ2) is 7.69. The van der Waals surface area contributed by atoms with Gasteiger partial charge in [0.1, 0.15) is 0 Å². The Kier molecular flexibility index (Phi) is 5.31. The average molecular weight is 457 g/mol. The van der Waals surface area contributed by atoms with Crippen LogP contribution in [0.25, 0.3) is 0 Å². The number of hydrogen-bond acceptors (Lipinski definition) is 5. The van der Waals surface area contributed by atoms with Crippen LogP contribution in [0, 0.1) is 13.8 Å². The lowest BCUT2D eigenvalue weighted by Crippen LogP contribution is -2.48. The summed E-state index contributed by atoms with van der Waals surface area (Å²) in [6.07, 6.45) is 0. The Morgan fingerprint density at radius 2 is 1.87 bits per heavy atom. The number of carbonyl (C=O) groups excluding carboxylic acids is 3. The van der Waals surface area contributed by atoms with E-state index in [0.717, 1.165) is 34.1 Å². The third kappa shape index (κ3) is 3.30. The van der Waals surface area contributed by atoms with Crippen molar-refractivity contribution < 1.29 is 14.4 Å². The molecule has 0 radical (unpaired) electrons. The van der Waals surface area contributed by atoms with Crippen molar-refractivity contribution in [2.24, 2.45) is 5.10 Å². The molecule has 2 aromatic rings. The van der Waals surface area contributed by atoms with Crippen molar-refractivity contribution in [3.8, 4) is 0 Å². The highest BCUT2D eigenvalue weighted by Gasteiger charge is 2.61. The minimum atomic E-state index is -1.42. The van der Waals surface area contributed by atoms with E-state index in [2.05, 4.69) is 10.4 Å². The van der Waals surface area contributed by atoms with Crippen molar-refractivity contribution in [2.75, 3.05) is 4.90 Å². The molecule has 1 atom stereocenters. The van der Waals surface area contributed by atoms with E-state index in [9.17, 15) is 14.4 Å². The fraction of sp³-hybridized carbons (Fsp3) is 0.273. The van der Waals surface area contributed by atoms with Gasteiger partial charge in [0.05, 0.1) is 12.2 Å². The van der Waals surface area contributed by atoms with Gasteiger partial charge < -0.3 is 10.2 Å². The van der Waals surface area contributed by atoms with E-state index in [1.165, 1.54) is 18.9 Å². The Hall–Kier alpha value is -2.84. The molecular formula is C22H21ClN4O3S. The van der Waals surface area contributed by atoms with E-state index in [4.69, 9.17) is 11.6 Å². The Labute approximate surface area is 189 Å². The predicted octanol–water partition coefficient (Wildman–Crippen LogP) is 3.66. The third-order valence-electron chi connectivity index (χ3n) is 5.47. The molecule has 0 fully saturated rings. The van der Waals surface area contributed by atoms with Crippen LogP contribution in [0.1, 0.15) is 36.1 Å². The number of hydrazone groups is 1. The molecule has 0 unspecified atom stereocenters. The molecule has 0 aliphatic carbocycles. The smallest absolute Gasteiger partial charge is 0.271 e. The summed E-state index contributed by atoms with van der Waals surface area (Å²) in [5.74, 6) is -1.03. The number of hydrogen-bond donors (Lipinski definition) is 1. The van der Waals surface area contributed by atoms with Gasteiger partial charge in [0.15, 0.2) is 5.17 Å². The summed E-state index contributed by atoms with van der Waals surface area (Å²) in [5, 5.41) is 8.83. The highest BCUT2D eigenvalue weighted by molar-refractivity contribution is 8.15. The second-order valence-electron chi connectivity index (χ2n) is 7.55. The molecule has 0 saturated carbocycles. The molecule has 4 rings (SSSR count). The van der Waals surface area contributed by atoms with Crippen LogP contribution in [-0.4, -0.2) is 27.9 Å². The van der Waals surface area contributed by atoms with Crippen molar-refractivity contribution in [3.63, 3.8) is 0 Å². The number of rotatable bonds is 2. The molecule has 0 aromatic heterocycles. The normalized spacial score (nSPS) is 19.6. The number of amidine groups is 1. The quantitative estimate of drug-likeness (QED) is 0.747.